The quantitative estimate of drug-likeness (QED) is 0.0289. The van der Waals surface area contributed by atoms with Crippen LogP contribution in [0.3, 0.4) is 0 Å². The van der Waals surface area contributed by atoms with Crippen LogP contribution in [0.25, 0.3) is 0 Å². The summed E-state index contributed by atoms with van der Waals surface area (Å²) < 4.78 is 49.4. The van der Waals surface area contributed by atoms with Gasteiger partial charge in [0.25, 0.3) is 0 Å². The number of hydrogen-bond donors (Lipinski definition) is 2. The first-order valence-electron chi connectivity index (χ1n) is 22.7. The largest absolute Gasteiger partial charge is 0.500 e. The van der Waals surface area contributed by atoms with Crippen LogP contribution >= 0.6 is 15.8 Å². The van der Waals surface area contributed by atoms with E-state index in [1.165, 1.54) is 0 Å². The van der Waals surface area contributed by atoms with E-state index in [1.807, 2.05) is 114 Å². The molecule has 16 heteroatoms. The Bertz CT molecular complexity index is 1610. The van der Waals surface area contributed by atoms with E-state index in [4.69, 9.17) is 36.0 Å². The lowest BCUT2D eigenvalue weighted by Gasteiger charge is -2.33. The molecule has 350 valence electrons. The molecule has 0 saturated carbocycles. The van der Waals surface area contributed by atoms with Crippen molar-refractivity contribution in [1.82, 2.24) is 10.6 Å². The van der Waals surface area contributed by atoms with E-state index >= 15 is 0 Å². The third-order valence-corrected chi connectivity index (χ3v) is 21.4. The van der Waals surface area contributed by atoms with Crippen LogP contribution in [-0.2, 0) is 36.0 Å². The summed E-state index contributed by atoms with van der Waals surface area (Å²) in [6.07, 6.45) is -0.952. The normalized spacial score (nSPS) is 12.8. The van der Waals surface area contributed by atoms with Gasteiger partial charge in [0, 0.05) is 77.1 Å². The fourth-order valence-corrected chi connectivity index (χ4v) is 17.5. The molecule has 64 heavy (non-hydrogen) atoms. The van der Waals surface area contributed by atoms with Crippen LogP contribution in [0.1, 0.15) is 54.4 Å². The fourth-order valence-electron chi connectivity index (χ4n) is 7.32. The maximum absolute atomic E-state index is 14.1. The Morgan fingerprint density at radius 1 is 0.438 bits per heavy atom. The first kappa shape index (κ1) is 53.1. The standard InChI is InChI=1S/C48H70N2O10P2Si2/c1-7-53-63(54-8-2,55-9-3)37-25-35-49-47(51)59-45(39-61(41-27-17-13-18-28-41)42-29-19-14-20-30-42)46(40-62(43-31-21-15-22-32-43)44-33-23-16-24-34-44)60-48(52)50-36-26-38-64(56-10-4,57-11-5)58-12-6/h13-24,27-34,45-46H,7-12,25-26,35-40H2,1-6H3,(H,49,51)(H,50,52)/t45-,46-/m0/s1. The Morgan fingerprint density at radius 2 is 0.688 bits per heavy atom. The van der Waals surface area contributed by atoms with Gasteiger partial charge < -0.3 is 46.7 Å². The van der Waals surface area contributed by atoms with Gasteiger partial charge in [-0.2, -0.15) is 0 Å². The molecule has 0 aliphatic heterocycles. The molecule has 2 N–H and O–H groups in total. The average Bonchev–Trinajstić information content (AvgIpc) is 3.31. The number of hydrogen-bond acceptors (Lipinski definition) is 10. The molecular weight excluding hydrogens is 883 g/mol. The zero-order valence-corrected chi connectivity index (χ0v) is 42.4. The Balaban J connectivity index is 1.70. The Kier molecular flexibility index (Phi) is 24.8. The second kappa shape index (κ2) is 29.9. The highest BCUT2D eigenvalue weighted by Crippen LogP contribution is 2.40. The van der Waals surface area contributed by atoms with E-state index in [2.05, 4.69) is 59.2 Å². The van der Waals surface area contributed by atoms with Crippen LogP contribution in [0.5, 0.6) is 0 Å². The number of carbonyl (C=O) groups excluding carboxylic acids is 2. The molecule has 0 saturated heterocycles. The molecule has 4 aromatic carbocycles. The van der Waals surface area contributed by atoms with Gasteiger partial charge in [0.05, 0.1) is 0 Å². The molecule has 0 fully saturated rings. The van der Waals surface area contributed by atoms with Crippen LogP contribution in [0.2, 0.25) is 12.1 Å². The van der Waals surface area contributed by atoms with Gasteiger partial charge in [-0.3, -0.25) is 0 Å². The smallest absolute Gasteiger partial charge is 0.442 e. The third-order valence-electron chi connectivity index (χ3n) is 9.97. The number of nitrogens with one attached hydrogen (secondary N) is 2. The topological polar surface area (TPSA) is 132 Å². The summed E-state index contributed by atoms with van der Waals surface area (Å²) in [6, 6.07) is 42.2. The number of ether oxygens (including phenoxy) is 2. The van der Waals surface area contributed by atoms with E-state index in [-0.39, 0.29) is 0 Å². The zero-order chi connectivity index (χ0) is 45.9. The minimum Gasteiger partial charge on any atom is -0.442 e. The average molecular weight is 953 g/mol. The maximum atomic E-state index is 14.1. The second-order valence-corrected chi connectivity index (χ2v) is 24.4. The SMILES string of the molecule is CCO[Si](CCCNC(=O)O[C@@H](CP(c1ccccc1)c1ccccc1)[C@H](CP(c1ccccc1)c1ccccc1)OC(=O)NCCC[Si](OCC)(OCC)OCC)(OCC)OCC. The lowest BCUT2D eigenvalue weighted by atomic mass is 10.2. The van der Waals surface area contributed by atoms with Gasteiger partial charge in [-0.1, -0.05) is 121 Å². The molecule has 4 aromatic rings. The van der Waals surface area contributed by atoms with Crippen LogP contribution in [0.4, 0.5) is 9.59 Å². The summed E-state index contributed by atoms with van der Waals surface area (Å²) in [6.45, 7) is 15.0. The van der Waals surface area contributed by atoms with Crippen molar-refractivity contribution in [3.8, 4) is 0 Å². The van der Waals surface area contributed by atoms with Crippen molar-refractivity contribution in [2.75, 3.05) is 65.1 Å². The van der Waals surface area contributed by atoms with Gasteiger partial charge in [-0.15, -0.1) is 0 Å². The van der Waals surface area contributed by atoms with Crippen LogP contribution < -0.4 is 31.9 Å². The predicted molar refractivity (Wildman–Crippen MR) is 265 cm³/mol. The van der Waals surface area contributed by atoms with Crippen molar-refractivity contribution in [1.29, 1.82) is 0 Å². The zero-order valence-electron chi connectivity index (χ0n) is 38.6. The van der Waals surface area contributed by atoms with Gasteiger partial charge in [-0.05, 0) is 91.4 Å². The summed E-state index contributed by atoms with van der Waals surface area (Å²) in [7, 11) is -8.02. The summed E-state index contributed by atoms with van der Waals surface area (Å²) in [5, 5.41) is 10.5. The van der Waals surface area contributed by atoms with Gasteiger partial charge in [0.1, 0.15) is 12.2 Å². The molecule has 0 aliphatic rings. The van der Waals surface area contributed by atoms with E-state index in [0.717, 1.165) is 21.2 Å². The lowest BCUT2D eigenvalue weighted by Crippen LogP contribution is -2.47. The first-order valence-corrected chi connectivity index (χ1v) is 29.6. The fraction of sp³-hybridized carbons (Fsp3) is 0.458. The van der Waals surface area contributed by atoms with Gasteiger partial charge in [-0.25, -0.2) is 9.59 Å². The molecule has 0 spiro atoms. The summed E-state index contributed by atoms with van der Waals surface area (Å²) in [5.41, 5.74) is 0. The minimum atomic E-state index is -2.92. The number of carbonyl (C=O) groups is 2. The minimum absolute atomic E-state index is 0.308. The molecule has 2 amide bonds. The van der Waals surface area contributed by atoms with Crippen LogP contribution in [0, 0.1) is 0 Å². The van der Waals surface area contributed by atoms with Crippen molar-refractivity contribution < 1.29 is 45.6 Å². The van der Waals surface area contributed by atoms with Crippen LogP contribution in [0.15, 0.2) is 121 Å². The molecule has 0 aromatic heterocycles. The van der Waals surface area contributed by atoms with E-state index < -0.39 is 57.8 Å². The van der Waals surface area contributed by atoms with E-state index in [1.54, 1.807) is 0 Å². The van der Waals surface area contributed by atoms with E-state index in [0.29, 0.717) is 90.0 Å². The highest BCUT2D eigenvalue weighted by molar-refractivity contribution is 7.73. The maximum Gasteiger partial charge on any atom is 0.500 e. The lowest BCUT2D eigenvalue weighted by molar-refractivity contribution is 0.0118. The predicted octanol–water partition coefficient (Wildman–Crippen LogP) is 8.32. The van der Waals surface area contributed by atoms with Gasteiger partial charge >= 0.3 is 29.8 Å². The number of amides is 2. The monoisotopic (exact) mass is 952 g/mol. The first-order chi connectivity index (χ1) is 31.2. The van der Waals surface area contributed by atoms with Crippen molar-refractivity contribution in [2.45, 2.75) is 78.7 Å². The molecule has 0 aliphatic carbocycles. The molecule has 0 bridgehead atoms. The number of benzene rings is 4. The molecule has 0 radical (unpaired) electrons. The van der Waals surface area contributed by atoms with Gasteiger partial charge in [0.15, 0.2) is 0 Å². The summed E-state index contributed by atoms with van der Waals surface area (Å²) >= 11 is 0. The summed E-state index contributed by atoms with van der Waals surface area (Å²) in [4.78, 5) is 28.2. The highest BCUT2D eigenvalue weighted by Gasteiger charge is 2.41. The molecule has 0 heterocycles. The third kappa shape index (κ3) is 17.7. The molecule has 4 rings (SSSR count). The van der Waals surface area contributed by atoms with Crippen molar-refractivity contribution in [3.63, 3.8) is 0 Å². The Labute approximate surface area is 386 Å². The van der Waals surface area contributed by atoms with Gasteiger partial charge in [0.2, 0.25) is 0 Å². The molecule has 12 nitrogen and oxygen atoms in total. The van der Waals surface area contributed by atoms with Crippen molar-refractivity contribution in [2.24, 2.45) is 0 Å². The highest BCUT2D eigenvalue weighted by atomic mass is 31.1. The number of alkyl carbamates (subject to hydrolysis) is 2. The van der Waals surface area contributed by atoms with Crippen LogP contribution in [-0.4, -0.2) is 107 Å². The number of rotatable bonds is 31. The van der Waals surface area contributed by atoms with E-state index in [9.17, 15) is 9.59 Å². The summed E-state index contributed by atoms with van der Waals surface area (Å²) in [5.74, 6) is 0. The van der Waals surface area contributed by atoms with Crippen molar-refractivity contribution >= 4 is 66.9 Å². The second-order valence-electron chi connectivity index (χ2n) is 14.5. The molecular formula is C48H70N2O10P2Si2. The molecule has 0 unspecified atom stereocenters. The molecule has 2 atom stereocenters. The Hall–Kier alpha value is -3.53. The van der Waals surface area contributed by atoms with Crippen molar-refractivity contribution in [3.05, 3.63) is 121 Å². The Morgan fingerprint density at radius 3 is 0.922 bits per heavy atom.